The molecule has 4 heterocycles. The molecule has 0 spiro atoms. The standard InChI is InChI=1S/C23H25N5O4/c1-28(2)15-7-5-14(6-8-15)16-9-10-24-23(26-16)27-18-13-32-20-17(12-31-21(18)20)25-22(29)19-4-3-11-30-19/h3-11,17-18,20-21H,12-13H2,1-2H3,(H,25,29)(H,24,26,27). The molecule has 32 heavy (non-hydrogen) atoms. The van der Waals surface area contributed by atoms with E-state index in [1.54, 1.807) is 18.3 Å². The number of anilines is 2. The van der Waals surface area contributed by atoms with Crippen LogP contribution >= 0.6 is 0 Å². The van der Waals surface area contributed by atoms with Gasteiger partial charge in [0.25, 0.3) is 5.91 Å². The second-order valence-electron chi connectivity index (χ2n) is 8.11. The minimum Gasteiger partial charge on any atom is -0.459 e. The van der Waals surface area contributed by atoms with E-state index in [1.165, 1.54) is 6.26 Å². The fourth-order valence-electron chi connectivity index (χ4n) is 4.08. The molecular weight excluding hydrogens is 410 g/mol. The molecule has 4 unspecified atom stereocenters. The number of fused-ring (bicyclic) bond motifs is 1. The predicted octanol–water partition coefficient (Wildman–Crippen LogP) is 2.18. The quantitative estimate of drug-likeness (QED) is 0.608. The van der Waals surface area contributed by atoms with Crippen molar-refractivity contribution in [2.75, 3.05) is 37.5 Å². The van der Waals surface area contributed by atoms with E-state index in [4.69, 9.17) is 13.9 Å². The molecule has 0 bridgehead atoms. The number of ether oxygens (including phenoxy) is 2. The molecule has 5 rings (SSSR count). The lowest BCUT2D eigenvalue weighted by atomic mass is 10.1. The van der Waals surface area contributed by atoms with Crippen molar-refractivity contribution >= 4 is 17.5 Å². The van der Waals surface area contributed by atoms with Crippen molar-refractivity contribution in [1.82, 2.24) is 15.3 Å². The normalized spacial score (nSPS) is 24.2. The van der Waals surface area contributed by atoms with E-state index in [0.29, 0.717) is 19.2 Å². The topological polar surface area (TPSA) is 102 Å². The third-order valence-electron chi connectivity index (χ3n) is 5.76. The number of amides is 1. The van der Waals surface area contributed by atoms with Gasteiger partial charge in [-0.25, -0.2) is 9.97 Å². The largest absolute Gasteiger partial charge is 0.459 e. The fraction of sp³-hybridized carbons (Fsp3) is 0.348. The maximum absolute atomic E-state index is 12.3. The van der Waals surface area contributed by atoms with Crippen LogP contribution < -0.4 is 15.5 Å². The Hall–Kier alpha value is -3.43. The van der Waals surface area contributed by atoms with E-state index in [1.807, 2.05) is 32.3 Å². The molecule has 166 valence electrons. The third kappa shape index (κ3) is 4.04. The lowest BCUT2D eigenvalue weighted by molar-refractivity contribution is 0.0646. The number of carbonyl (C=O) groups excluding carboxylic acids is 1. The van der Waals surface area contributed by atoms with Crippen LogP contribution in [0.3, 0.4) is 0 Å². The fourth-order valence-corrected chi connectivity index (χ4v) is 4.08. The summed E-state index contributed by atoms with van der Waals surface area (Å²) in [7, 11) is 4.02. The molecule has 2 fully saturated rings. The Balaban J connectivity index is 1.24. The number of furan rings is 1. The molecule has 3 aromatic rings. The molecule has 2 N–H and O–H groups in total. The molecule has 0 aliphatic carbocycles. The highest BCUT2D eigenvalue weighted by Gasteiger charge is 2.48. The first-order valence-electron chi connectivity index (χ1n) is 10.5. The Morgan fingerprint density at radius 1 is 1.03 bits per heavy atom. The smallest absolute Gasteiger partial charge is 0.287 e. The van der Waals surface area contributed by atoms with Gasteiger partial charge < -0.3 is 29.4 Å². The lowest BCUT2D eigenvalue weighted by Gasteiger charge is -2.18. The van der Waals surface area contributed by atoms with E-state index in [0.717, 1.165) is 16.9 Å². The first-order chi connectivity index (χ1) is 15.6. The number of benzene rings is 1. The molecule has 0 radical (unpaired) electrons. The van der Waals surface area contributed by atoms with Gasteiger partial charge in [0.15, 0.2) is 5.76 Å². The van der Waals surface area contributed by atoms with Gasteiger partial charge in [-0.05, 0) is 30.3 Å². The molecule has 0 saturated carbocycles. The minimum atomic E-state index is -0.277. The molecule has 2 aliphatic heterocycles. The molecule has 9 heteroatoms. The van der Waals surface area contributed by atoms with E-state index in [2.05, 4.69) is 37.6 Å². The summed E-state index contributed by atoms with van der Waals surface area (Å²) in [5.74, 6) is 0.505. The molecule has 1 aromatic carbocycles. The number of aromatic nitrogens is 2. The van der Waals surface area contributed by atoms with Gasteiger partial charge in [0.2, 0.25) is 5.95 Å². The molecule has 4 atom stereocenters. The van der Waals surface area contributed by atoms with Crippen molar-refractivity contribution in [2.24, 2.45) is 0 Å². The highest BCUT2D eigenvalue weighted by Crippen LogP contribution is 2.29. The summed E-state index contributed by atoms with van der Waals surface area (Å²) in [5.41, 5.74) is 2.97. The van der Waals surface area contributed by atoms with Crippen molar-refractivity contribution < 1.29 is 18.7 Å². The first kappa shape index (κ1) is 20.5. The van der Waals surface area contributed by atoms with Crippen molar-refractivity contribution in [3.05, 3.63) is 60.7 Å². The van der Waals surface area contributed by atoms with Crippen LogP contribution in [0.4, 0.5) is 11.6 Å². The zero-order valence-corrected chi connectivity index (χ0v) is 17.9. The summed E-state index contributed by atoms with van der Waals surface area (Å²) >= 11 is 0. The van der Waals surface area contributed by atoms with Gasteiger partial charge in [-0.3, -0.25) is 4.79 Å². The average molecular weight is 435 g/mol. The zero-order chi connectivity index (χ0) is 22.1. The van der Waals surface area contributed by atoms with Crippen molar-refractivity contribution in [2.45, 2.75) is 24.3 Å². The summed E-state index contributed by atoms with van der Waals surface area (Å²) in [6.45, 7) is 0.812. The minimum absolute atomic E-state index is 0.114. The highest BCUT2D eigenvalue weighted by atomic mass is 16.6. The van der Waals surface area contributed by atoms with Crippen LogP contribution in [0, 0.1) is 0 Å². The first-order valence-corrected chi connectivity index (χ1v) is 10.5. The lowest BCUT2D eigenvalue weighted by Crippen LogP contribution is -2.44. The zero-order valence-electron chi connectivity index (χ0n) is 17.9. The van der Waals surface area contributed by atoms with Crippen molar-refractivity contribution in [3.8, 4) is 11.3 Å². The average Bonchev–Trinajstić information content (AvgIpc) is 3.55. The van der Waals surface area contributed by atoms with Crippen LogP contribution in [0.2, 0.25) is 0 Å². The number of nitrogens with one attached hydrogen (secondary N) is 2. The Morgan fingerprint density at radius 2 is 1.78 bits per heavy atom. The van der Waals surface area contributed by atoms with Crippen LogP contribution in [0.15, 0.2) is 59.3 Å². The Bertz CT molecular complexity index is 1070. The van der Waals surface area contributed by atoms with E-state index in [-0.39, 0.29) is 36.0 Å². The Morgan fingerprint density at radius 3 is 2.50 bits per heavy atom. The summed E-state index contributed by atoms with van der Waals surface area (Å²) < 4.78 is 17.1. The number of nitrogens with zero attached hydrogens (tertiary/aromatic N) is 3. The molecule has 1 amide bonds. The van der Waals surface area contributed by atoms with E-state index in [9.17, 15) is 4.79 Å². The van der Waals surface area contributed by atoms with Gasteiger partial charge in [0, 0.05) is 31.5 Å². The summed E-state index contributed by atoms with van der Waals surface area (Å²) in [6, 6.07) is 13.0. The second-order valence-corrected chi connectivity index (χ2v) is 8.11. The monoisotopic (exact) mass is 435 g/mol. The van der Waals surface area contributed by atoms with E-state index < -0.39 is 0 Å². The summed E-state index contributed by atoms with van der Waals surface area (Å²) in [5, 5.41) is 6.28. The SMILES string of the molecule is CN(C)c1ccc(-c2ccnc(NC3COC4C(NC(=O)c5ccco5)COC34)n2)cc1. The Labute approximate surface area is 185 Å². The van der Waals surface area contributed by atoms with Crippen molar-refractivity contribution in [3.63, 3.8) is 0 Å². The summed E-state index contributed by atoms with van der Waals surface area (Å²) in [4.78, 5) is 23.4. The number of hydrogen-bond donors (Lipinski definition) is 2. The molecule has 2 aliphatic rings. The Kier molecular flexibility index (Phi) is 5.50. The molecular formula is C23H25N5O4. The van der Waals surface area contributed by atoms with Gasteiger partial charge in [0.1, 0.15) is 12.2 Å². The van der Waals surface area contributed by atoms with Crippen LogP contribution in [0.5, 0.6) is 0 Å². The van der Waals surface area contributed by atoms with Crippen LogP contribution in [-0.2, 0) is 9.47 Å². The van der Waals surface area contributed by atoms with Gasteiger partial charge >= 0.3 is 0 Å². The van der Waals surface area contributed by atoms with Crippen LogP contribution in [-0.4, -0.2) is 67.5 Å². The van der Waals surface area contributed by atoms with Gasteiger partial charge in [-0.2, -0.15) is 0 Å². The molecule has 9 nitrogen and oxygen atoms in total. The third-order valence-corrected chi connectivity index (χ3v) is 5.76. The number of hydrogen-bond acceptors (Lipinski definition) is 8. The molecule has 2 aromatic heterocycles. The predicted molar refractivity (Wildman–Crippen MR) is 119 cm³/mol. The second kappa shape index (κ2) is 8.60. The maximum Gasteiger partial charge on any atom is 0.287 e. The molecule has 2 saturated heterocycles. The highest BCUT2D eigenvalue weighted by molar-refractivity contribution is 5.91. The van der Waals surface area contributed by atoms with Gasteiger partial charge in [-0.15, -0.1) is 0 Å². The van der Waals surface area contributed by atoms with E-state index >= 15 is 0 Å². The summed E-state index contributed by atoms with van der Waals surface area (Å²) in [6.07, 6.45) is 2.76. The number of rotatable bonds is 6. The van der Waals surface area contributed by atoms with Crippen LogP contribution in [0.1, 0.15) is 10.6 Å². The van der Waals surface area contributed by atoms with Crippen LogP contribution in [0.25, 0.3) is 11.3 Å². The van der Waals surface area contributed by atoms with Gasteiger partial charge in [0.05, 0.1) is 37.3 Å². The van der Waals surface area contributed by atoms with Gasteiger partial charge in [-0.1, -0.05) is 12.1 Å². The maximum atomic E-state index is 12.3. The van der Waals surface area contributed by atoms with Crippen molar-refractivity contribution in [1.29, 1.82) is 0 Å². The number of carbonyl (C=O) groups is 1.